The number of anilines is 1. The molecule has 0 heterocycles. The number of benzene rings is 1. The highest BCUT2D eigenvalue weighted by Gasteiger charge is 2.23. The summed E-state index contributed by atoms with van der Waals surface area (Å²) in [4.78, 5) is 0. The minimum absolute atomic E-state index is 0.00556. The quantitative estimate of drug-likeness (QED) is 0.854. The van der Waals surface area contributed by atoms with E-state index in [9.17, 15) is 17.2 Å². The summed E-state index contributed by atoms with van der Waals surface area (Å²) in [5, 5.41) is 2.97. The lowest BCUT2D eigenvalue weighted by atomic mass is 10.1. The second kappa shape index (κ2) is 5.42. The summed E-state index contributed by atoms with van der Waals surface area (Å²) in [7, 11) is -2.85. The van der Waals surface area contributed by atoms with Gasteiger partial charge in [-0.05, 0) is 31.7 Å². The minimum Gasteiger partial charge on any atom is -0.313 e. The Morgan fingerprint density at radius 1 is 1.29 bits per heavy atom. The third-order valence-corrected chi connectivity index (χ3v) is 3.30. The summed E-state index contributed by atoms with van der Waals surface area (Å²) in [6.45, 7) is 1.88. The summed E-state index contributed by atoms with van der Waals surface area (Å²) in [5.41, 5.74) is 0.937. The summed E-state index contributed by atoms with van der Waals surface area (Å²) < 4.78 is 48.1. The Balaban J connectivity index is 2.94. The number of halogens is 2. The van der Waals surface area contributed by atoms with Gasteiger partial charge in [-0.15, -0.1) is 0 Å². The third-order valence-electron chi connectivity index (χ3n) is 2.31. The zero-order chi connectivity index (χ0) is 13.1. The highest BCUT2D eigenvalue weighted by Crippen LogP contribution is 2.19. The van der Waals surface area contributed by atoms with E-state index in [0.29, 0.717) is 0 Å². The fourth-order valence-electron chi connectivity index (χ4n) is 1.25. The van der Waals surface area contributed by atoms with E-state index in [1.807, 2.05) is 11.6 Å². The Labute approximate surface area is 99.1 Å². The third kappa shape index (κ3) is 3.64. The molecule has 0 aliphatic rings. The average Bonchev–Trinajstić information content (AvgIpc) is 2.27. The highest BCUT2D eigenvalue weighted by molar-refractivity contribution is 7.93. The van der Waals surface area contributed by atoms with Crippen molar-refractivity contribution in [3.8, 4) is 0 Å². The van der Waals surface area contributed by atoms with Crippen molar-refractivity contribution in [1.82, 2.24) is 5.32 Å². The van der Waals surface area contributed by atoms with Gasteiger partial charge < -0.3 is 5.32 Å². The molecule has 1 aromatic carbocycles. The van der Waals surface area contributed by atoms with Crippen molar-refractivity contribution < 1.29 is 17.2 Å². The van der Waals surface area contributed by atoms with E-state index in [1.54, 1.807) is 19.2 Å². The van der Waals surface area contributed by atoms with E-state index >= 15 is 0 Å². The first-order valence-corrected chi connectivity index (χ1v) is 6.48. The van der Waals surface area contributed by atoms with Gasteiger partial charge in [-0.3, -0.25) is 4.72 Å². The number of rotatable bonds is 5. The van der Waals surface area contributed by atoms with Gasteiger partial charge in [-0.25, -0.2) is 8.42 Å². The largest absolute Gasteiger partial charge is 0.355 e. The van der Waals surface area contributed by atoms with Crippen molar-refractivity contribution in [3.05, 3.63) is 29.8 Å². The first-order chi connectivity index (χ1) is 7.86. The van der Waals surface area contributed by atoms with Crippen LogP contribution in [-0.2, 0) is 10.0 Å². The summed E-state index contributed by atoms with van der Waals surface area (Å²) in [5.74, 6) is -3.44. The number of hydrogen-bond acceptors (Lipinski definition) is 3. The van der Waals surface area contributed by atoms with Crippen molar-refractivity contribution in [3.63, 3.8) is 0 Å². The molecule has 0 aliphatic heterocycles. The first-order valence-electron chi connectivity index (χ1n) is 4.94. The van der Waals surface area contributed by atoms with Gasteiger partial charge in [0.1, 0.15) is 0 Å². The summed E-state index contributed by atoms with van der Waals surface area (Å²) in [6, 6.07) is 6.33. The van der Waals surface area contributed by atoms with E-state index in [4.69, 9.17) is 0 Å². The summed E-state index contributed by atoms with van der Waals surface area (Å²) in [6.07, 6.45) is 0. The van der Waals surface area contributed by atoms with Crippen molar-refractivity contribution in [1.29, 1.82) is 0 Å². The molecule has 0 amide bonds. The number of hydrogen-bond donors (Lipinski definition) is 2. The lowest BCUT2D eigenvalue weighted by molar-refractivity contribution is 0.236. The van der Waals surface area contributed by atoms with E-state index in [-0.39, 0.29) is 11.7 Å². The molecule has 0 radical (unpaired) electrons. The van der Waals surface area contributed by atoms with E-state index < -0.39 is 15.8 Å². The number of sulfonamides is 1. The Kier molecular flexibility index (Phi) is 4.41. The van der Waals surface area contributed by atoms with Gasteiger partial charge in [0, 0.05) is 11.7 Å². The highest BCUT2D eigenvalue weighted by atomic mass is 32.2. The molecule has 17 heavy (non-hydrogen) atoms. The molecule has 0 spiro atoms. The van der Waals surface area contributed by atoms with Gasteiger partial charge in [0.2, 0.25) is 0 Å². The van der Waals surface area contributed by atoms with Crippen LogP contribution in [0.5, 0.6) is 0 Å². The average molecular weight is 264 g/mol. The second-order valence-electron chi connectivity index (χ2n) is 3.54. The zero-order valence-electron chi connectivity index (χ0n) is 9.44. The van der Waals surface area contributed by atoms with Crippen molar-refractivity contribution in [2.75, 3.05) is 11.8 Å². The topological polar surface area (TPSA) is 58.2 Å². The first kappa shape index (κ1) is 13.9. The molecule has 7 heteroatoms. The predicted molar refractivity (Wildman–Crippen MR) is 62.5 cm³/mol. The molecule has 0 bridgehead atoms. The minimum atomic E-state index is -4.60. The Hall–Kier alpha value is -1.21. The number of nitrogens with one attached hydrogen (secondary N) is 2. The molecule has 1 rings (SSSR count). The van der Waals surface area contributed by atoms with Crippen molar-refractivity contribution >= 4 is 15.7 Å². The van der Waals surface area contributed by atoms with Gasteiger partial charge in [0.05, 0.1) is 0 Å². The van der Waals surface area contributed by atoms with Crippen LogP contribution in [0.3, 0.4) is 0 Å². The van der Waals surface area contributed by atoms with Gasteiger partial charge in [-0.1, -0.05) is 12.1 Å². The van der Waals surface area contributed by atoms with Crippen molar-refractivity contribution in [2.24, 2.45) is 0 Å². The molecule has 0 saturated carbocycles. The molecular weight excluding hydrogens is 250 g/mol. The van der Waals surface area contributed by atoms with E-state index in [1.165, 1.54) is 12.1 Å². The fourth-order valence-corrected chi connectivity index (χ4v) is 1.79. The van der Waals surface area contributed by atoms with Crippen LogP contribution in [0.1, 0.15) is 18.5 Å². The molecule has 4 nitrogen and oxygen atoms in total. The van der Waals surface area contributed by atoms with Crippen LogP contribution >= 0.6 is 0 Å². The molecule has 0 fully saturated rings. The summed E-state index contributed by atoms with van der Waals surface area (Å²) >= 11 is 0. The van der Waals surface area contributed by atoms with Crippen LogP contribution in [0.25, 0.3) is 0 Å². The maximum absolute atomic E-state index is 12.2. The Bertz CT molecular complexity index is 477. The zero-order valence-corrected chi connectivity index (χ0v) is 10.3. The monoisotopic (exact) mass is 264 g/mol. The fraction of sp³-hybridized carbons (Fsp3) is 0.400. The van der Waals surface area contributed by atoms with Crippen LogP contribution in [0.4, 0.5) is 14.5 Å². The molecule has 1 atom stereocenters. The lowest BCUT2D eigenvalue weighted by Crippen LogP contribution is -2.21. The maximum Gasteiger partial charge on any atom is 0.355 e. The molecule has 96 valence electrons. The molecule has 0 aromatic heterocycles. The number of alkyl halides is 2. The van der Waals surface area contributed by atoms with Crippen LogP contribution in [0, 0.1) is 0 Å². The van der Waals surface area contributed by atoms with Crippen LogP contribution in [0.15, 0.2) is 24.3 Å². The molecule has 0 saturated heterocycles. The molecule has 1 unspecified atom stereocenters. The Morgan fingerprint density at radius 3 is 2.47 bits per heavy atom. The molecule has 0 aliphatic carbocycles. The normalized spacial score (nSPS) is 13.7. The second-order valence-corrected chi connectivity index (χ2v) is 5.19. The molecule has 2 N–H and O–H groups in total. The standard InChI is InChI=1S/C10H14F2N2O2S/c1-7(13-2)8-4-3-5-9(6-8)14-17(15,16)10(11)12/h3-7,10,13-14H,1-2H3. The van der Waals surface area contributed by atoms with Gasteiger partial charge >= 0.3 is 5.76 Å². The SMILES string of the molecule is CNC(C)c1cccc(NS(=O)(=O)C(F)F)c1. The van der Waals surface area contributed by atoms with Gasteiger partial charge in [0.25, 0.3) is 10.0 Å². The van der Waals surface area contributed by atoms with Crippen molar-refractivity contribution in [2.45, 2.75) is 18.7 Å². The maximum atomic E-state index is 12.2. The smallest absolute Gasteiger partial charge is 0.313 e. The van der Waals surface area contributed by atoms with Gasteiger partial charge in [0.15, 0.2) is 0 Å². The Morgan fingerprint density at radius 2 is 1.94 bits per heavy atom. The lowest BCUT2D eigenvalue weighted by Gasteiger charge is -2.13. The van der Waals surface area contributed by atoms with Crippen LogP contribution in [0.2, 0.25) is 0 Å². The predicted octanol–water partition coefficient (Wildman–Crippen LogP) is 1.93. The molecule has 1 aromatic rings. The van der Waals surface area contributed by atoms with Gasteiger partial charge in [-0.2, -0.15) is 8.78 Å². The van der Waals surface area contributed by atoms with E-state index in [2.05, 4.69) is 5.32 Å². The molecular formula is C10H14F2N2O2S. The van der Waals surface area contributed by atoms with Crippen LogP contribution < -0.4 is 10.0 Å². The van der Waals surface area contributed by atoms with Crippen LogP contribution in [-0.4, -0.2) is 21.2 Å². The van der Waals surface area contributed by atoms with E-state index in [0.717, 1.165) is 5.56 Å².